The van der Waals surface area contributed by atoms with Gasteiger partial charge in [0.25, 0.3) is 5.91 Å². The molecule has 1 aromatic carbocycles. The molecule has 1 aromatic heterocycles. The highest BCUT2D eigenvalue weighted by Crippen LogP contribution is 2.13. The molecule has 0 bridgehead atoms. The number of aromatic nitrogens is 1. The second-order valence-corrected chi connectivity index (χ2v) is 4.70. The molecule has 0 unspecified atom stereocenters. The summed E-state index contributed by atoms with van der Waals surface area (Å²) in [6.45, 7) is 2.27. The Morgan fingerprint density at radius 3 is 2.82 bits per heavy atom. The number of carbonyl (C=O) groups excluding carboxylic acids is 1. The van der Waals surface area contributed by atoms with Gasteiger partial charge in [0.2, 0.25) is 5.89 Å². The van der Waals surface area contributed by atoms with Crippen LogP contribution >= 0.6 is 0 Å². The van der Waals surface area contributed by atoms with Crippen LogP contribution in [0.2, 0.25) is 0 Å². The molecule has 0 aliphatic heterocycles. The van der Waals surface area contributed by atoms with Gasteiger partial charge in [0, 0.05) is 13.2 Å². The molecule has 0 spiro atoms. The number of hydrogen-bond acceptors (Lipinski definition) is 5. The topological polar surface area (TPSA) is 73.6 Å². The quantitative estimate of drug-likeness (QED) is 0.848. The van der Waals surface area contributed by atoms with Gasteiger partial charge in [0.05, 0.1) is 6.61 Å². The molecule has 0 aliphatic carbocycles. The Balaban J connectivity index is 1.88. The van der Waals surface area contributed by atoms with Crippen LogP contribution < -0.4 is 10.1 Å². The maximum atomic E-state index is 12.8. The predicted octanol–water partition coefficient (Wildman–Crippen LogP) is 2.16. The van der Waals surface area contributed by atoms with Gasteiger partial charge in [-0.15, -0.1) is 0 Å². The molecule has 1 N–H and O–H groups in total. The molecular formula is C15H17FN2O4. The van der Waals surface area contributed by atoms with Crippen molar-refractivity contribution >= 4 is 5.91 Å². The van der Waals surface area contributed by atoms with E-state index < -0.39 is 0 Å². The molecule has 22 heavy (non-hydrogen) atoms. The molecular weight excluding hydrogens is 291 g/mol. The summed E-state index contributed by atoms with van der Waals surface area (Å²) in [4.78, 5) is 15.9. The van der Waals surface area contributed by atoms with Gasteiger partial charge in [0.15, 0.2) is 12.3 Å². The number of amides is 1. The van der Waals surface area contributed by atoms with Crippen LogP contribution in [0.1, 0.15) is 23.3 Å². The maximum Gasteiger partial charge on any atom is 0.273 e. The van der Waals surface area contributed by atoms with E-state index in [0.29, 0.717) is 12.4 Å². The number of carbonyl (C=O) groups is 1. The normalized spacial score (nSPS) is 12.0. The minimum absolute atomic E-state index is 0.0482. The van der Waals surface area contributed by atoms with Crippen LogP contribution in [0.3, 0.4) is 0 Å². The van der Waals surface area contributed by atoms with E-state index in [0.717, 1.165) is 0 Å². The predicted molar refractivity (Wildman–Crippen MR) is 76.0 cm³/mol. The number of methoxy groups -OCH3 is 1. The molecule has 0 saturated heterocycles. The standard InChI is InChI=1S/C15H17FN2O4/c1-10(7-20-2)17-15(19)13-8-22-14(18-13)9-21-12-5-3-11(16)4-6-12/h3-6,8,10H,7,9H2,1-2H3,(H,17,19)/t10-/m1/s1. The highest BCUT2D eigenvalue weighted by Gasteiger charge is 2.14. The lowest BCUT2D eigenvalue weighted by molar-refractivity contribution is 0.0900. The fourth-order valence-corrected chi connectivity index (χ4v) is 1.75. The first-order valence-electron chi connectivity index (χ1n) is 6.71. The SMILES string of the molecule is COC[C@@H](C)NC(=O)c1coc(COc2ccc(F)cc2)n1. The van der Waals surface area contributed by atoms with Crippen LogP contribution in [0.25, 0.3) is 0 Å². The van der Waals surface area contributed by atoms with E-state index in [2.05, 4.69) is 10.3 Å². The number of rotatable bonds is 7. The van der Waals surface area contributed by atoms with E-state index in [1.54, 1.807) is 7.11 Å². The van der Waals surface area contributed by atoms with Crippen LogP contribution in [0.15, 0.2) is 34.9 Å². The smallest absolute Gasteiger partial charge is 0.273 e. The Morgan fingerprint density at radius 2 is 2.14 bits per heavy atom. The van der Waals surface area contributed by atoms with E-state index in [4.69, 9.17) is 13.9 Å². The fourth-order valence-electron chi connectivity index (χ4n) is 1.75. The minimum Gasteiger partial charge on any atom is -0.484 e. The lowest BCUT2D eigenvalue weighted by Crippen LogP contribution is -2.35. The average molecular weight is 308 g/mol. The van der Waals surface area contributed by atoms with Gasteiger partial charge < -0.3 is 19.2 Å². The monoisotopic (exact) mass is 308 g/mol. The van der Waals surface area contributed by atoms with Crippen molar-refractivity contribution in [1.29, 1.82) is 0 Å². The summed E-state index contributed by atoms with van der Waals surface area (Å²) in [7, 11) is 1.56. The van der Waals surface area contributed by atoms with Gasteiger partial charge in [0.1, 0.15) is 17.8 Å². The van der Waals surface area contributed by atoms with Crippen LogP contribution in [0.4, 0.5) is 4.39 Å². The van der Waals surface area contributed by atoms with E-state index in [1.807, 2.05) is 6.92 Å². The third-order valence-corrected chi connectivity index (χ3v) is 2.75. The molecule has 1 heterocycles. The molecule has 6 nitrogen and oxygen atoms in total. The number of benzene rings is 1. The summed E-state index contributed by atoms with van der Waals surface area (Å²) >= 11 is 0. The van der Waals surface area contributed by atoms with Crippen molar-refractivity contribution in [3.8, 4) is 5.75 Å². The highest BCUT2D eigenvalue weighted by molar-refractivity contribution is 5.92. The van der Waals surface area contributed by atoms with Gasteiger partial charge in [-0.2, -0.15) is 0 Å². The number of nitrogens with zero attached hydrogens (tertiary/aromatic N) is 1. The number of hydrogen-bond donors (Lipinski definition) is 1. The van der Waals surface area contributed by atoms with E-state index in [9.17, 15) is 9.18 Å². The van der Waals surface area contributed by atoms with Crippen molar-refractivity contribution in [3.05, 3.63) is 47.9 Å². The lowest BCUT2D eigenvalue weighted by atomic mass is 10.3. The second kappa shape index (κ2) is 7.56. The van der Waals surface area contributed by atoms with Gasteiger partial charge in [-0.1, -0.05) is 0 Å². The molecule has 2 aromatic rings. The van der Waals surface area contributed by atoms with Crippen LogP contribution in [-0.2, 0) is 11.3 Å². The van der Waals surface area contributed by atoms with Crippen molar-refractivity contribution in [2.24, 2.45) is 0 Å². The Kier molecular flexibility index (Phi) is 5.48. The molecule has 0 saturated carbocycles. The zero-order chi connectivity index (χ0) is 15.9. The first-order valence-corrected chi connectivity index (χ1v) is 6.71. The third kappa shape index (κ3) is 4.56. The minimum atomic E-state index is -0.346. The Morgan fingerprint density at radius 1 is 1.41 bits per heavy atom. The molecule has 1 atom stereocenters. The molecule has 7 heteroatoms. The Bertz CT molecular complexity index is 612. The lowest BCUT2D eigenvalue weighted by Gasteiger charge is -2.10. The molecule has 0 fully saturated rings. The van der Waals surface area contributed by atoms with Crippen molar-refractivity contribution in [2.45, 2.75) is 19.6 Å². The van der Waals surface area contributed by atoms with Gasteiger partial charge in [-0.3, -0.25) is 4.79 Å². The van der Waals surface area contributed by atoms with Crippen LogP contribution in [0, 0.1) is 5.82 Å². The number of oxazole rings is 1. The summed E-state index contributed by atoms with van der Waals surface area (Å²) in [5.74, 6) is 0.0575. The highest BCUT2D eigenvalue weighted by atomic mass is 19.1. The Hall–Kier alpha value is -2.41. The first kappa shape index (κ1) is 16.0. The second-order valence-electron chi connectivity index (χ2n) is 4.70. The molecule has 0 aliphatic rings. The maximum absolute atomic E-state index is 12.8. The largest absolute Gasteiger partial charge is 0.484 e. The van der Waals surface area contributed by atoms with Crippen molar-refractivity contribution < 1.29 is 23.1 Å². The van der Waals surface area contributed by atoms with Gasteiger partial charge >= 0.3 is 0 Å². The third-order valence-electron chi connectivity index (χ3n) is 2.75. The summed E-state index contributed by atoms with van der Waals surface area (Å²) in [6.07, 6.45) is 1.26. The fraction of sp³-hybridized carbons (Fsp3) is 0.333. The van der Waals surface area contributed by atoms with E-state index in [1.165, 1.54) is 30.5 Å². The van der Waals surface area contributed by atoms with Crippen molar-refractivity contribution in [2.75, 3.05) is 13.7 Å². The molecule has 0 radical (unpaired) electrons. The zero-order valence-electron chi connectivity index (χ0n) is 12.3. The van der Waals surface area contributed by atoms with Crippen molar-refractivity contribution in [1.82, 2.24) is 10.3 Å². The van der Waals surface area contributed by atoms with Crippen LogP contribution in [-0.4, -0.2) is 30.6 Å². The average Bonchev–Trinajstić information content (AvgIpc) is 2.96. The molecule has 118 valence electrons. The van der Waals surface area contributed by atoms with E-state index in [-0.39, 0.29) is 36.0 Å². The number of ether oxygens (including phenoxy) is 2. The van der Waals surface area contributed by atoms with Gasteiger partial charge in [-0.05, 0) is 31.2 Å². The summed E-state index contributed by atoms with van der Waals surface area (Å²) in [5.41, 5.74) is 0.167. The first-order chi connectivity index (χ1) is 10.6. The Labute approximate surface area is 127 Å². The molecule has 1 amide bonds. The number of halogens is 1. The summed E-state index contributed by atoms with van der Waals surface area (Å²) in [6, 6.07) is 5.45. The van der Waals surface area contributed by atoms with Crippen molar-refractivity contribution in [3.63, 3.8) is 0 Å². The van der Waals surface area contributed by atoms with Gasteiger partial charge in [-0.25, -0.2) is 9.37 Å². The van der Waals surface area contributed by atoms with E-state index >= 15 is 0 Å². The molecule has 2 rings (SSSR count). The van der Waals surface area contributed by atoms with Crippen LogP contribution in [0.5, 0.6) is 5.75 Å². The zero-order valence-corrected chi connectivity index (χ0v) is 12.3. The summed E-state index contributed by atoms with van der Waals surface area (Å²) in [5, 5.41) is 2.72. The number of nitrogens with one attached hydrogen (secondary N) is 1. The summed E-state index contributed by atoms with van der Waals surface area (Å²) < 4.78 is 28.3.